The van der Waals surface area contributed by atoms with Gasteiger partial charge in [-0.05, 0) is 26.3 Å². The van der Waals surface area contributed by atoms with Crippen LogP contribution in [0.4, 0.5) is 0 Å². The second kappa shape index (κ2) is 13.7. The molecule has 1 heterocycles. The van der Waals surface area contributed by atoms with Crippen molar-refractivity contribution >= 4 is 35.8 Å². The molecular weight excluding hydrogens is 421 g/mol. The number of carbonyl (C=O) groups is 1. The summed E-state index contributed by atoms with van der Waals surface area (Å²) in [6.45, 7) is 10.0. The normalized spacial score (nSPS) is 16.9. The summed E-state index contributed by atoms with van der Waals surface area (Å²) < 4.78 is 5.35. The molecule has 1 saturated heterocycles. The molecule has 1 aliphatic heterocycles. The van der Waals surface area contributed by atoms with E-state index in [1.165, 1.54) is 0 Å². The number of hydrogen-bond acceptors (Lipinski definition) is 4. The van der Waals surface area contributed by atoms with E-state index in [2.05, 4.69) is 34.4 Å². The number of amides is 1. The third-order valence-electron chi connectivity index (χ3n) is 3.91. The van der Waals surface area contributed by atoms with Crippen molar-refractivity contribution in [3.8, 4) is 0 Å². The van der Waals surface area contributed by atoms with Crippen LogP contribution in [0, 0.1) is 0 Å². The van der Waals surface area contributed by atoms with Crippen molar-refractivity contribution in [2.75, 3.05) is 60.0 Å². The summed E-state index contributed by atoms with van der Waals surface area (Å²) in [6, 6.07) is 0.329. The Kier molecular flexibility index (Phi) is 13.3. The van der Waals surface area contributed by atoms with Crippen molar-refractivity contribution in [2.45, 2.75) is 32.7 Å². The van der Waals surface area contributed by atoms with Crippen LogP contribution in [0.2, 0.25) is 0 Å². The van der Waals surface area contributed by atoms with Gasteiger partial charge in [0.25, 0.3) is 0 Å². The van der Waals surface area contributed by atoms with Crippen LogP contribution in [0.25, 0.3) is 0 Å². The van der Waals surface area contributed by atoms with Crippen LogP contribution in [0.5, 0.6) is 0 Å². The van der Waals surface area contributed by atoms with E-state index in [0.717, 1.165) is 58.2 Å². The lowest BCUT2D eigenvalue weighted by Gasteiger charge is -2.26. The largest absolute Gasteiger partial charge is 0.379 e. The Balaban J connectivity index is 0.00000529. The summed E-state index contributed by atoms with van der Waals surface area (Å²) in [7, 11) is 3.49. The fraction of sp³-hybridized carbons (Fsp3) is 0.875. The first-order valence-electron chi connectivity index (χ1n) is 8.58. The predicted octanol–water partition coefficient (Wildman–Crippen LogP) is 0.749. The van der Waals surface area contributed by atoms with Gasteiger partial charge in [0.05, 0.1) is 13.2 Å². The highest BCUT2D eigenvalue weighted by atomic mass is 127. The van der Waals surface area contributed by atoms with E-state index in [9.17, 15) is 4.79 Å². The van der Waals surface area contributed by atoms with Crippen LogP contribution in [-0.2, 0) is 9.53 Å². The van der Waals surface area contributed by atoms with Crippen molar-refractivity contribution in [3.63, 3.8) is 0 Å². The van der Waals surface area contributed by atoms with Gasteiger partial charge in [0, 0.05) is 39.8 Å². The van der Waals surface area contributed by atoms with E-state index < -0.39 is 0 Å². The van der Waals surface area contributed by atoms with Crippen LogP contribution >= 0.6 is 24.0 Å². The maximum absolute atomic E-state index is 11.7. The van der Waals surface area contributed by atoms with Crippen LogP contribution in [0.15, 0.2) is 4.99 Å². The lowest BCUT2D eigenvalue weighted by atomic mass is 10.3. The molecule has 1 amide bonds. The number of likely N-dealkylation sites (N-methyl/N-ethyl adjacent to an activating group) is 1. The van der Waals surface area contributed by atoms with Gasteiger partial charge in [0.15, 0.2) is 5.96 Å². The maximum Gasteiger partial charge on any atom is 0.243 e. The predicted molar refractivity (Wildman–Crippen MR) is 109 cm³/mol. The molecule has 142 valence electrons. The minimum atomic E-state index is 0. The second-order valence-corrected chi connectivity index (χ2v) is 6.14. The number of halogens is 1. The molecule has 1 atom stereocenters. The summed E-state index contributed by atoms with van der Waals surface area (Å²) in [6.07, 6.45) is 2.05. The average molecular weight is 455 g/mol. The van der Waals surface area contributed by atoms with Gasteiger partial charge in [-0.1, -0.05) is 6.92 Å². The highest BCUT2D eigenvalue weighted by molar-refractivity contribution is 14.0. The average Bonchev–Trinajstić information content (AvgIpc) is 2.56. The van der Waals surface area contributed by atoms with E-state index in [1.54, 1.807) is 19.0 Å². The molecule has 2 N–H and O–H groups in total. The van der Waals surface area contributed by atoms with Crippen molar-refractivity contribution in [2.24, 2.45) is 4.99 Å². The Hall–Kier alpha value is -0.610. The number of nitrogens with zero attached hydrogens (tertiary/aromatic N) is 3. The molecule has 1 rings (SSSR count). The van der Waals surface area contributed by atoms with Gasteiger partial charge < -0.3 is 20.3 Å². The number of carbonyl (C=O) groups excluding carboxylic acids is 1. The number of aliphatic imine (C=N–C) groups is 1. The summed E-state index contributed by atoms with van der Waals surface area (Å²) in [4.78, 5) is 20.0. The smallest absolute Gasteiger partial charge is 0.243 e. The molecule has 0 spiro atoms. The molecule has 24 heavy (non-hydrogen) atoms. The summed E-state index contributed by atoms with van der Waals surface area (Å²) >= 11 is 0. The number of ether oxygens (including phenoxy) is 1. The van der Waals surface area contributed by atoms with Crippen molar-refractivity contribution < 1.29 is 9.53 Å². The molecular formula is C16H34IN5O2. The molecule has 0 aromatic rings. The van der Waals surface area contributed by atoms with Gasteiger partial charge in [0.1, 0.15) is 6.54 Å². The van der Waals surface area contributed by atoms with Crippen molar-refractivity contribution in [3.05, 3.63) is 0 Å². The fourth-order valence-electron chi connectivity index (χ4n) is 2.11. The zero-order valence-corrected chi connectivity index (χ0v) is 17.8. The Morgan fingerprint density at radius 1 is 1.33 bits per heavy atom. The van der Waals surface area contributed by atoms with E-state index in [-0.39, 0.29) is 36.4 Å². The molecule has 8 heteroatoms. The first-order valence-corrected chi connectivity index (χ1v) is 8.58. The molecule has 1 unspecified atom stereocenters. The number of guanidine groups is 1. The van der Waals surface area contributed by atoms with Crippen molar-refractivity contribution in [1.29, 1.82) is 0 Å². The van der Waals surface area contributed by atoms with Crippen LogP contribution in [-0.4, -0.2) is 87.7 Å². The lowest BCUT2D eigenvalue weighted by Crippen LogP contribution is -2.44. The molecule has 0 bridgehead atoms. The zero-order chi connectivity index (χ0) is 17.1. The van der Waals surface area contributed by atoms with E-state index in [0.29, 0.717) is 6.04 Å². The Morgan fingerprint density at radius 3 is 2.58 bits per heavy atom. The van der Waals surface area contributed by atoms with Gasteiger partial charge in [-0.25, -0.2) is 4.99 Å². The van der Waals surface area contributed by atoms with Crippen LogP contribution < -0.4 is 10.6 Å². The maximum atomic E-state index is 11.7. The topological polar surface area (TPSA) is 69.2 Å². The van der Waals surface area contributed by atoms with Gasteiger partial charge in [-0.15, -0.1) is 24.0 Å². The molecule has 0 aliphatic carbocycles. The first-order chi connectivity index (χ1) is 11.0. The lowest BCUT2D eigenvalue weighted by molar-refractivity contribution is -0.127. The second-order valence-electron chi connectivity index (χ2n) is 6.14. The van der Waals surface area contributed by atoms with Crippen LogP contribution in [0.3, 0.4) is 0 Å². The molecule has 0 saturated carbocycles. The molecule has 0 aromatic carbocycles. The molecule has 0 radical (unpaired) electrons. The number of nitrogens with one attached hydrogen (secondary N) is 2. The highest BCUT2D eigenvalue weighted by Gasteiger charge is 2.10. The molecule has 1 aliphatic rings. The molecule has 7 nitrogen and oxygen atoms in total. The molecule has 1 fully saturated rings. The highest BCUT2D eigenvalue weighted by Crippen LogP contribution is 1.97. The zero-order valence-electron chi connectivity index (χ0n) is 15.5. The monoisotopic (exact) mass is 455 g/mol. The Morgan fingerprint density at radius 2 is 2.00 bits per heavy atom. The van der Waals surface area contributed by atoms with Gasteiger partial charge in [-0.3, -0.25) is 9.69 Å². The Labute approximate surface area is 163 Å². The Bertz CT molecular complexity index is 373. The summed E-state index contributed by atoms with van der Waals surface area (Å²) in [5.41, 5.74) is 0. The van der Waals surface area contributed by atoms with Gasteiger partial charge in [0.2, 0.25) is 5.91 Å². The van der Waals surface area contributed by atoms with Gasteiger partial charge in [-0.2, -0.15) is 0 Å². The number of hydrogen-bond donors (Lipinski definition) is 2. The summed E-state index contributed by atoms with van der Waals surface area (Å²) in [5.74, 6) is 0.722. The van der Waals surface area contributed by atoms with Crippen molar-refractivity contribution in [1.82, 2.24) is 20.4 Å². The van der Waals surface area contributed by atoms with E-state index in [4.69, 9.17) is 4.74 Å². The fourth-order valence-corrected chi connectivity index (χ4v) is 2.11. The van der Waals surface area contributed by atoms with E-state index in [1.807, 2.05) is 0 Å². The minimum absolute atomic E-state index is 0. The minimum Gasteiger partial charge on any atom is -0.379 e. The van der Waals surface area contributed by atoms with Gasteiger partial charge >= 0.3 is 0 Å². The summed E-state index contributed by atoms with van der Waals surface area (Å²) in [5, 5.41) is 6.66. The standard InChI is InChI=1S/C16H33N5O2.HI/c1-5-14(2)19-16(18-13-15(22)20(3)4)17-7-6-8-21-9-11-23-12-10-21;/h14H,5-13H2,1-4H3,(H2,17,18,19);1H. The first kappa shape index (κ1) is 23.4. The quantitative estimate of drug-likeness (QED) is 0.245. The van der Waals surface area contributed by atoms with Crippen LogP contribution in [0.1, 0.15) is 26.7 Å². The SMILES string of the molecule is CCC(C)NC(=NCC(=O)N(C)C)NCCCN1CCOCC1.I. The number of rotatable bonds is 8. The third-order valence-corrected chi connectivity index (χ3v) is 3.91. The molecule has 0 aromatic heterocycles. The van der Waals surface area contributed by atoms with E-state index >= 15 is 0 Å². The number of morpholine rings is 1. The third kappa shape index (κ3) is 10.3.